The van der Waals surface area contributed by atoms with Crippen molar-refractivity contribution in [1.29, 1.82) is 5.41 Å². The summed E-state index contributed by atoms with van der Waals surface area (Å²) >= 11 is 0. The Labute approximate surface area is 136 Å². The molecule has 0 unspecified atom stereocenters. The van der Waals surface area contributed by atoms with Crippen LogP contribution in [0.2, 0.25) is 0 Å². The van der Waals surface area contributed by atoms with Crippen LogP contribution in [0.5, 0.6) is 0 Å². The highest BCUT2D eigenvalue weighted by Gasteiger charge is 2.26. The normalized spacial score (nSPS) is 16.0. The Morgan fingerprint density at radius 2 is 1.65 bits per heavy atom. The van der Waals surface area contributed by atoms with Gasteiger partial charge in [-0.1, -0.05) is 18.2 Å². The summed E-state index contributed by atoms with van der Waals surface area (Å²) in [5.41, 5.74) is 4.15. The first kappa shape index (κ1) is 15.0. The first-order chi connectivity index (χ1) is 11.1. The van der Waals surface area contributed by atoms with Crippen LogP contribution in [0.1, 0.15) is 6.92 Å². The molecule has 0 aliphatic carbocycles. The molecule has 0 fully saturated rings. The van der Waals surface area contributed by atoms with Gasteiger partial charge in [0.05, 0.1) is 17.1 Å². The Morgan fingerprint density at radius 1 is 1.00 bits per heavy atom. The molecule has 5 heteroatoms. The van der Waals surface area contributed by atoms with Crippen molar-refractivity contribution < 1.29 is 0 Å². The summed E-state index contributed by atoms with van der Waals surface area (Å²) in [6.07, 6.45) is 0. The molecule has 5 nitrogen and oxygen atoms in total. The van der Waals surface area contributed by atoms with Crippen LogP contribution >= 0.6 is 0 Å². The van der Waals surface area contributed by atoms with E-state index < -0.39 is 0 Å². The number of nitrogens with one attached hydrogen (secondary N) is 1. The van der Waals surface area contributed by atoms with Crippen LogP contribution in [-0.4, -0.2) is 31.4 Å². The van der Waals surface area contributed by atoms with E-state index in [4.69, 9.17) is 5.41 Å². The zero-order valence-electron chi connectivity index (χ0n) is 13.5. The van der Waals surface area contributed by atoms with Gasteiger partial charge in [-0.3, -0.25) is 5.41 Å². The smallest absolute Gasteiger partial charge is 0.174 e. The summed E-state index contributed by atoms with van der Waals surface area (Å²) in [6, 6.07) is 17.6. The molecule has 0 atom stereocenters. The lowest BCUT2D eigenvalue weighted by molar-refractivity contribution is 1.13. The highest BCUT2D eigenvalue weighted by molar-refractivity contribution is 6.72. The Morgan fingerprint density at radius 3 is 2.26 bits per heavy atom. The van der Waals surface area contributed by atoms with Crippen LogP contribution in [0.25, 0.3) is 0 Å². The largest absolute Gasteiger partial charge is 0.378 e. The predicted molar refractivity (Wildman–Crippen MR) is 97.6 cm³/mol. The minimum absolute atomic E-state index is 0.297. The van der Waals surface area contributed by atoms with Gasteiger partial charge in [0.25, 0.3) is 0 Å². The Balaban J connectivity index is 1.89. The molecule has 0 aromatic heterocycles. The maximum atomic E-state index is 8.36. The fraction of sp³-hybridized carbons (Fsp3) is 0.167. The first-order valence-electron chi connectivity index (χ1n) is 7.42. The molecule has 0 amide bonds. The van der Waals surface area contributed by atoms with Gasteiger partial charge < -0.3 is 4.90 Å². The fourth-order valence-corrected chi connectivity index (χ4v) is 2.36. The number of anilines is 2. The molecule has 2 aromatic rings. The number of amidine groups is 1. The van der Waals surface area contributed by atoms with Crippen molar-refractivity contribution in [3.05, 3.63) is 54.6 Å². The molecule has 0 saturated carbocycles. The van der Waals surface area contributed by atoms with Crippen molar-refractivity contribution in [2.45, 2.75) is 6.92 Å². The topological polar surface area (TPSA) is 55.1 Å². The van der Waals surface area contributed by atoms with Crippen LogP contribution in [0.4, 0.5) is 17.1 Å². The average Bonchev–Trinajstić information content (AvgIpc) is 2.84. The molecule has 1 N–H and O–H groups in total. The molecule has 0 radical (unpaired) electrons. The van der Waals surface area contributed by atoms with Crippen LogP contribution < -0.4 is 9.91 Å². The zero-order valence-corrected chi connectivity index (χ0v) is 13.5. The molecule has 1 heterocycles. The third-order valence-electron chi connectivity index (χ3n) is 3.64. The van der Waals surface area contributed by atoms with Gasteiger partial charge in [0, 0.05) is 19.8 Å². The summed E-state index contributed by atoms with van der Waals surface area (Å²) in [5.74, 6) is 0.297. The quantitative estimate of drug-likeness (QED) is 0.940. The molecule has 0 saturated heterocycles. The van der Waals surface area contributed by atoms with Crippen molar-refractivity contribution in [1.82, 2.24) is 0 Å². The van der Waals surface area contributed by atoms with Gasteiger partial charge in [0.2, 0.25) is 0 Å². The number of rotatable bonds is 3. The zero-order chi connectivity index (χ0) is 16.4. The van der Waals surface area contributed by atoms with E-state index in [1.807, 2.05) is 80.5 Å². The van der Waals surface area contributed by atoms with Crippen molar-refractivity contribution >= 4 is 34.3 Å². The molecule has 0 spiro atoms. The van der Waals surface area contributed by atoms with E-state index in [0.717, 1.165) is 22.8 Å². The van der Waals surface area contributed by atoms with Gasteiger partial charge in [0.15, 0.2) is 5.84 Å². The molecule has 1 aliphatic heterocycles. The van der Waals surface area contributed by atoms with Crippen molar-refractivity contribution in [2.75, 3.05) is 24.0 Å². The number of para-hydroxylation sites is 1. The highest BCUT2D eigenvalue weighted by Crippen LogP contribution is 2.23. The maximum absolute atomic E-state index is 8.36. The Hall–Kier alpha value is -2.95. The number of benzene rings is 2. The molecule has 1 aliphatic rings. The van der Waals surface area contributed by atoms with Crippen LogP contribution in [-0.2, 0) is 0 Å². The molecule has 2 aromatic carbocycles. The van der Waals surface area contributed by atoms with Crippen LogP contribution in [0.3, 0.4) is 0 Å². The number of nitrogens with zero attached hydrogens (tertiary/aromatic N) is 4. The maximum Gasteiger partial charge on any atom is 0.174 e. The minimum Gasteiger partial charge on any atom is -0.378 e. The Bertz CT molecular complexity index is 773. The van der Waals surface area contributed by atoms with E-state index in [9.17, 15) is 0 Å². The van der Waals surface area contributed by atoms with E-state index in [1.165, 1.54) is 0 Å². The predicted octanol–water partition coefficient (Wildman–Crippen LogP) is 3.70. The van der Waals surface area contributed by atoms with Crippen molar-refractivity contribution in [3.63, 3.8) is 0 Å². The number of hydrogen-bond donors (Lipinski definition) is 1. The van der Waals surface area contributed by atoms with Gasteiger partial charge in [-0.2, -0.15) is 5.10 Å². The number of hydrogen-bond acceptors (Lipinski definition) is 4. The second-order valence-corrected chi connectivity index (χ2v) is 5.55. The van der Waals surface area contributed by atoms with E-state index in [0.29, 0.717) is 11.5 Å². The molecule has 3 rings (SSSR count). The molecule has 116 valence electrons. The summed E-state index contributed by atoms with van der Waals surface area (Å²) < 4.78 is 0. The third kappa shape index (κ3) is 2.99. The minimum atomic E-state index is 0.297. The highest BCUT2D eigenvalue weighted by atomic mass is 15.5. The van der Waals surface area contributed by atoms with Crippen LogP contribution in [0.15, 0.2) is 64.7 Å². The van der Waals surface area contributed by atoms with Crippen molar-refractivity contribution in [3.8, 4) is 0 Å². The Kier molecular flexibility index (Phi) is 3.93. The second kappa shape index (κ2) is 6.04. The summed E-state index contributed by atoms with van der Waals surface area (Å²) in [5, 5.41) is 14.4. The standard InChI is InChI=1S/C18H19N5/c1-13-17(20-14-9-11-15(12-10-14)22(2)3)18(19)23(21-13)16-7-5-4-6-8-16/h4-12,19H,1-3H3. The average molecular weight is 305 g/mol. The van der Waals surface area contributed by atoms with Gasteiger partial charge in [-0.15, -0.1) is 0 Å². The molecule has 23 heavy (non-hydrogen) atoms. The van der Waals surface area contributed by atoms with Gasteiger partial charge >= 0.3 is 0 Å². The summed E-state index contributed by atoms with van der Waals surface area (Å²) in [4.78, 5) is 6.64. The fourth-order valence-electron chi connectivity index (χ4n) is 2.36. The first-order valence-corrected chi connectivity index (χ1v) is 7.42. The van der Waals surface area contributed by atoms with Gasteiger partial charge in [-0.25, -0.2) is 10.0 Å². The van der Waals surface area contributed by atoms with Gasteiger partial charge in [0.1, 0.15) is 5.71 Å². The van der Waals surface area contributed by atoms with Crippen LogP contribution in [0, 0.1) is 5.41 Å². The van der Waals surface area contributed by atoms with E-state index in [1.54, 1.807) is 5.01 Å². The number of aliphatic imine (C=N–C) groups is 1. The molecular formula is C18H19N5. The van der Waals surface area contributed by atoms with E-state index in [-0.39, 0.29) is 0 Å². The second-order valence-electron chi connectivity index (χ2n) is 5.55. The summed E-state index contributed by atoms with van der Waals surface area (Å²) in [6.45, 7) is 1.88. The molecular weight excluding hydrogens is 286 g/mol. The lowest BCUT2D eigenvalue weighted by Gasteiger charge is -2.13. The SMILES string of the molecule is CC1=NN(c2ccccc2)C(=N)C1=Nc1ccc(N(C)C)cc1. The van der Waals surface area contributed by atoms with E-state index >= 15 is 0 Å². The monoisotopic (exact) mass is 305 g/mol. The number of hydrazone groups is 1. The summed E-state index contributed by atoms with van der Waals surface area (Å²) in [7, 11) is 4.00. The molecule has 0 bridgehead atoms. The van der Waals surface area contributed by atoms with E-state index in [2.05, 4.69) is 10.1 Å². The van der Waals surface area contributed by atoms with Crippen molar-refractivity contribution in [2.24, 2.45) is 10.1 Å². The lowest BCUT2D eigenvalue weighted by atomic mass is 10.2. The van der Waals surface area contributed by atoms with Gasteiger partial charge in [-0.05, 0) is 43.3 Å². The third-order valence-corrected chi connectivity index (χ3v) is 3.64. The lowest BCUT2D eigenvalue weighted by Crippen LogP contribution is -2.26.